The summed E-state index contributed by atoms with van der Waals surface area (Å²) in [5.74, 6) is 0. The van der Waals surface area contributed by atoms with Gasteiger partial charge in [0, 0.05) is 19.3 Å². The van der Waals surface area contributed by atoms with E-state index in [0.717, 1.165) is 42.5 Å². The van der Waals surface area contributed by atoms with Gasteiger partial charge in [0.15, 0.2) is 0 Å². The second kappa shape index (κ2) is 5.97. The van der Waals surface area contributed by atoms with Gasteiger partial charge in [0.25, 0.3) is 0 Å². The van der Waals surface area contributed by atoms with Crippen LogP contribution in [-0.2, 0) is 10.0 Å². The molecular weight excluding hydrogens is 284 g/mol. The van der Waals surface area contributed by atoms with E-state index in [1.165, 1.54) is 0 Å². The van der Waals surface area contributed by atoms with E-state index < -0.39 is 10.0 Å². The smallest absolute Gasteiger partial charge is 0.241 e. The first-order valence-corrected chi connectivity index (χ1v) is 9.10. The van der Waals surface area contributed by atoms with Gasteiger partial charge < -0.3 is 5.32 Å². The first kappa shape index (κ1) is 16.3. The summed E-state index contributed by atoms with van der Waals surface area (Å²) in [5.41, 5.74) is 2.72. The normalized spacial score (nSPS) is 16.8. The van der Waals surface area contributed by atoms with Crippen LogP contribution in [0.4, 0.5) is 5.69 Å². The first-order chi connectivity index (χ1) is 9.83. The third-order valence-electron chi connectivity index (χ3n) is 4.39. The van der Waals surface area contributed by atoms with E-state index in [0.29, 0.717) is 11.4 Å². The monoisotopic (exact) mass is 310 g/mol. The van der Waals surface area contributed by atoms with Crippen molar-refractivity contribution in [2.45, 2.75) is 51.3 Å². The number of sulfonamides is 1. The van der Waals surface area contributed by atoms with E-state index in [1.54, 1.807) is 0 Å². The van der Waals surface area contributed by atoms with Crippen molar-refractivity contribution in [3.05, 3.63) is 23.3 Å². The van der Waals surface area contributed by atoms with Gasteiger partial charge in [-0.2, -0.15) is 0 Å². The van der Waals surface area contributed by atoms with E-state index in [-0.39, 0.29) is 5.41 Å². The fraction of sp³-hybridized carbons (Fsp3) is 0.625. The predicted molar refractivity (Wildman–Crippen MR) is 87.2 cm³/mol. The third-order valence-corrected chi connectivity index (χ3v) is 6.10. The second-order valence-corrected chi connectivity index (χ2v) is 7.97. The molecule has 0 bridgehead atoms. The Bertz CT molecular complexity index is 596. The second-order valence-electron chi connectivity index (χ2n) is 6.26. The fourth-order valence-electron chi connectivity index (χ4n) is 3.06. The molecule has 1 saturated carbocycles. The van der Waals surface area contributed by atoms with Gasteiger partial charge in [0.05, 0.1) is 4.90 Å². The lowest BCUT2D eigenvalue weighted by atomic mass is 10.0. The maximum absolute atomic E-state index is 12.6. The highest BCUT2D eigenvalue weighted by atomic mass is 32.2. The van der Waals surface area contributed by atoms with Gasteiger partial charge in [0.2, 0.25) is 10.0 Å². The van der Waals surface area contributed by atoms with Crippen molar-refractivity contribution in [1.82, 2.24) is 4.72 Å². The standard InChI is InChI=1S/C16H26N2O2S/c1-5-6-16(7-8-16)11-18-21(19,20)15-12(2)9-14(17-4)10-13(15)3/h9-10,17-18H,5-8,11H2,1-4H3. The minimum atomic E-state index is -3.44. The van der Waals surface area contributed by atoms with E-state index in [1.807, 2.05) is 33.0 Å². The van der Waals surface area contributed by atoms with Gasteiger partial charge in [-0.25, -0.2) is 13.1 Å². The molecule has 2 rings (SSSR count). The summed E-state index contributed by atoms with van der Waals surface area (Å²) in [5, 5.41) is 3.06. The highest BCUT2D eigenvalue weighted by Crippen LogP contribution is 2.49. The zero-order chi connectivity index (χ0) is 15.7. The van der Waals surface area contributed by atoms with Gasteiger partial charge in [-0.1, -0.05) is 13.3 Å². The Morgan fingerprint density at radius 2 is 1.76 bits per heavy atom. The minimum Gasteiger partial charge on any atom is -0.388 e. The number of aryl methyl sites for hydroxylation is 2. The molecule has 0 unspecified atom stereocenters. The first-order valence-electron chi connectivity index (χ1n) is 7.62. The molecule has 4 nitrogen and oxygen atoms in total. The van der Waals surface area contributed by atoms with Gasteiger partial charge in [-0.15, -0.1) is 0 Å². The summed E-state index contributed by atoms with van der Waals surface area (Å²) in [4.78, 5) is 0.425. The van der Waals surface area contributed by atoms with Crippen LogP contribution >= 0.6 is 0 Å². The molecule has 0 amide bonds. The molecule has 0 heterocycles. The summed E-state index contributed by atoms with van der Waals surface area (Å²) in [6, 6.07) is 3.75. The average Bonchev–Trinajstić information content (AvgIpc) is 3.16. The van der Waals surface area contributed by atoms with Crippen LogP contribution < -0.4 is 10.0 Å². The molecule has 118 valence electrons. The average molecular weight is 310 g/mol. The molecule has 2 N–H and O–H groups in total. The highest BCUT2D eigenvalue weighted by Gasteiger charge is 2.42. The van der Waals surface area contributed by atoms with Gasteiger partial charge >= 0.3 is 0 Å². The summed E-state index contributed by atoms with van der Waals surface area (Å²) in [6.07, 6.45) is 4.49. The molecule has 1 fully saturated rings. The van der Waals surface area contributed by atoms with Crippen LogP contribution in [0.15, 0.2) is 17.0 Å². The Hall–Kier alpha value is -1.07. The van der Waals surface area contributed by atoms with Crippen molar-refractivity contribution in [3.8, 4) is 0 Å². The predicted octanol–water partition coefficient (Wildman–Crippen LogP) is 3.20. The SMILES string of the molecule is CCCC1(CNS(=O)(=O)c2c(C)cc(NC)cc2C)CC1. The van der Waals surface area contributed by atoms with Crippen molar-refractivity contribution in [1.29, 1.82) is 0 Å². The molecule has 0 saturated heterocycles. The van der Waals surface area contributed by atoms with Crippen molar-refractivity contribution in [2.24, 2.45) is 5.41 Å². The summed E-state index contributed by atoms with van der Waals surface area (Å²) >= 11 is 0. The molecule has 0 aliphatic heterocycles. The van der Waals surface area contributed by atoms with Gasteiger partial charge in [0.1, 0.15) is 0 Å². The molecule has 5 heteroatoms. The van der Waals surface area contributed by atoms with Crippen LogP contribution in [0.1, 0.15) is 43.7 Å². The Balaban J connectivity index is 2.20. The number of benzene rings is 1. The van der Waals surface area contributed by atoms with E-state index in [9.17, 15) is 8.42 Å². The molecule has 0 spiro atoms. The molecule has 0 atom stereocenters. The zero-order valence-corrected chi connectivity index (χ0v) is 14.2. The van der Waals surface area contributed by atoms with Crippen LogP contribution in [0.5, 0.6) is 0 Å². The topological polar surface area (TPSA) is 58.2 Å². The fourth-order valence-corrected chi connectivity index (χ4v) is 4.67. The number of hydrogen-bond acceptors (Lipinski definition) is 3. The maximum Gasteiger partial charge on any atom is 0.241 e. The Morgan fingerprint density at radius 3 is 2.19 bits per heavy atom. The van der Waals surface area contributed by atoms with Crippen molar-refractivity contribution in [3.63, 3.8) is 0 Å². The van der Waals surface area contributed by atoms with Crippen LogP contribution in [0.25, 0.3) is 0 Å². The summed E-state index contributed by atoms with van der Waals surface area (Å²) in [7, 11) is -1.60. The zero-order valence-electron chi connectivity index (χ0n) is 13.4. The van der Waals surface area contributed by atoms with Gasteiger partial charge in [-0.05, 0) is 61.8 Å². The summed E-state index contributed by atoms with van der Waals surface area (Å²) in [6.45, 7) is 6.41. The van der Waals surface area contributed by atoms with Crippen molar-refractivity contribution < 1.29 is 8.42 Å². The maximum atomic E-state index is 12.6. The third kappa shape index (κ3) is 3.58. The number of nitrogens with one attached hydrogen (secondary N) is 2. The molecule has 1 aromatic rings. The van der Waals surface area contributed by atoms with Crippen molar-refractivity contribution in [2.75, 3.05) is 18.9 Å². The largest absolute Gasteiger partial charge is 0.388 e. The van der Waals surface area contributed by atoms with Crippen molar-refractivity contribution >= 4 is 15.7 Å². The lowest BCUT2D eigenvalue weighted by Gasteiger charge is -2.18. The Kier molecular flexibility index (Phi) is 4.63. The Morgan fingerprint density at radius 1 is 1.19 bits per heavy atom. The molecule has 0 radical (unpaired) electrons. The van der Waals surface area contributed by atoms with Crippen LogP contribution in [-0.4, -0.2) is 22.0 Å². The lowest BCUT2D eigenvalue weighted by Crippen LogP contribution is -2.31. The van der Waals surface area contributed by atoms with E-state index in [4.69, 9.17) is 0 Å². The quantitative estimate of drug-likeness (QED) is 0.813. The molecule has 1 aromatic carbocycles. The van der Waals surface area contributed by atoms with Crippen LogP contribution in [0.2, 0.25) is 0 Å². The van der Waals surface area contributed by atoms with Crippen LogP contribution in [0.3, 0.4) is 0 Å². The summed E-state index contributed by atoms with van der Waals surface area (Å²) < 4.78 is 28.1. The molecule has 21 heavy (non-hydrogen) atoms. The van der Waals surface area contributed by atoms with E-state index >= 15 is 0 Å². The number of anilines is 1. The van der Waals surface area contributed by atoms with E-state index in [2.05, 4.69) is 17.0 Å². The lowest BCUT2D eigenvalue weighted by molar-refractivity contribution is 0.449. The Labute approximate surface area is 128 Å². The van der Waals surface area contributed by atoms with Gasteiger partial charge in [-0.3, -0.25) is 0 Å². The number of rotatable bonds is 7. The molecule has 1 aliphatic rings. The molecule has 1 aliphatic carbocycles. The minimum absolute atomic E-state index is 0.217. The molecule has 0 aromatic heterocycles. The molecular formula is C16H26N2O2S. The highest BCUT2D eigenvalue weighted by molar-refractivity contribution is 7.89. The number of hydrogen-bond donors (Lipinski definition) is 2. The van der Waals surface area contributed by atoms with Crippen LogP contribution in [0, 0.1) is 19.3 Å².